The average molecular weight is 442 g/mol. The van der Waals surface area contributed by atoms with E-state index >= 15 is 0 Å². The Kier molecular flexibility index (Phi) is 7.09. The van der Waals surface area contributed by atoms with Crippen molar-refractivity contribution in [1.29, 1.82) is 0 Å². The van der Waals surface area contributed by atoms with E-state index in [1.54, 1.807) is 39.1 Å². The van der Waals surface area contributed by atoms with Crippen LogP contribution in [0.1, 0.15) is 26.3 Å². The van der Waals surface area contributed by atoms with Crippen molar-refractivity contribution in [2.75, 3.05) is 10.6 Å². The molecule has 0 saturated carbocycles. The third-order valence-corrected chi connectivity index (χ3v) is 6.10. The van der Waals surface area contributed by atoms with E-state index in [9.17, 15) is 13.2 Å². The second kappa shape index (κ2) is 9.76. The number of nitrogens with one attached hydrogen (secondary N) is 3. The van der Waals surface area contributed by atoms with Crippen LogP contribution in [-0.2, 0) is 21.4 Å². The van der Waals surface area contributed by atoms with Crippen LogP contribution in [0.25, 0.3) is 0 Å². The van der Waals surface area contributed by atoms with Gasteiger partial charge >= 0.3 is 0 Å². The molecule has 3 N–H and O–H groups in total. The summed E-state index contributed by atoms with van der Waals surface area (Å²) in [5.41, 5.74) is 2.41. The summed E-state index contributed by atoms with van der Waals surface area (Å²) in [5.74, 6) is -0.228. The number of sulfonamides is 1. The number of hydrogen-bond acceptors (Lipinski definition) is 5. The first kappa shape index (κ1) is 22.5. The van der Waals surface area contributed by atoms with Crippen LogP contribution in [0.15, 0.2) is 71.9 Å². The first-order chi connectivity index (χ1) is 14.7. The van der Waals surface area contributed by atoms with Gasteiger partial charge in [-0.05, 0) is 68.8 Å². The topological polar surface area (TPSA) is 105 Å². The monoisotopic (exact) mass is 441 g/mol. The molecule has 0 spiro atoms. The number of hydrogen-bond donors (Lipinski definition) is 3. The Morgan fingerprint density at radius 3 is 2.42 bits per heavy atom. The van der Waals surface area contributed by atoms with Crippen molar-refractivity contribution in [3.8, 4) is 0 Å². The summed E-state index contributed by atoms with van der Waals surface area (Å²) in [6, 6.07) is 15.1. The number of nitrogens with zero attached hydrogens (tertiary/aromatic N) is 2. The number of carbonyl (C=O) groups is 1. The van der Waals surface area contributed by atoms with Gasteiger partial charge in [0.25, 0.3) is 0 Å². The Hall–Kier alpha value is -3.17. The van der Waals surface area contributed by atoms with Crippen LogP contribution in [0.2, 0.25) is 0 Å². The maximum Gasteiger partial charge on any atom is 0.246 e. The quantitative estimate of drug-likeness (QED) is 0.473. The van der Waals surface area contributed by atoms with E-state index in [0.29, 0.717) is 12.2 Å². The molecule has 2 aromatic carbocycles. The molecule has 0 aliphatic rings. The molecule has 3 rings (SSSR count). The lowest BCUT2D eigenvalue weighted by atomic mass is 10.2. The summed E-state index contributed by atoms with van der Waals surface area (Å²) in [7, 11) is -3.57. The second-order valence-electron chi connectivity index (χ2n) is 7.56. The minimum atomic E-state index is -3.57. The normalized spacial score (nSPS) is 12.5. The molecule has 1 heterocycles. The van der Waals surface area contributed by atoms with Crippen molar-refractivity contribution in [3.05, 3.63) is 72.6 Å². The van der Waals surface area contributed by atoms with Gasteiger partial charge in [0.1, 0.15) is 6.04 Å². The fraction of sp³-hybridized carbons (Fsp3) is 0.273. The Morgan fingerprint density at radius 2 is 1.77 bits per heavy atom. The van der Waals surface area contributed by atoms with Crippen LogP contribution in [0.3, 0.4) is 0 Å². The second-order valence-corrected chi connectivity index (χ2v) is 9.27. The van der Waals surface area contributed by atoms with Crippen molar-refractivity contribution in [1.82, 2.24) is 14.5 Å². The van der Waals surface area contributed by atoms with Gasteiger partial charge in [0.15, 0.2) is 0 Å². The van der Waals surface area contributed by atoms with E-state index in [4.69, 9.17) is 0 Å². The first-order valence-corrected chi connectivity index (χ1v) is 11.5. The molecule has 164 valence electrons. The molecule has 0 radical (unpaired) electrons. The highest BCUT2D eigenvalue weighted by molar-refractivity contribution is 7.89. The Bertz CT molecular complexity index is 1110. The summed E-state index contributed by atoms with van der Waals surface area (Å²) in [6.45, 7) is 5.92. The molecule has 1 aromatic heterocycles. The Balaban J connectivity index is 1.59. The SMILES string of the molecule is CC(C)NS(=O)(=O)c1ccc(NC(=O)C(C)Nc2cccc(Cn3cccn3)c2)cc1. The largest absolute Gasteiger partial charge is 0.374 e. The smallest absolute Gasteiger partial charge is 0.246 e. The molecule has 0 saturated heterocycles. The zero-order valence-electron chi connectivity index (χ0n) is 17.7. The van der Waals surface area contributed by atoms with E-state index in [-0.39, 0.29) is 16.8 Å². The molecule has 0 fully saturated rings. The highest BCUT2D eigenvalue weighted by Crippen LogP contribution is 2.16. The Morgan fingerprint density at radius 1 is 1.03 bits per heavy atom. The fourth-order valence-corrected chi connectivity index (χ4v) is 4.25. The van der Waals surface area contributed by atoms with Crippen LogP contribution >= 0.6 is 0 Å². The number of anilines is 2. The minimum absolute atomic E-state index is 0.152. The first-order valence-electron chi connectivity index (χ1n) is 9.99. The molecule has 3 aromatic rings. The van der Waals surface area contributed by atoms with E-state index in [2.05, 4.69) is 20.5 Å². The van der Waals surface area contributed by atoms with Crippen molar-refractivity contribution >= 4 is 27.3 Å². The highest BCUT2D eigenvalue weighted by Gasteiger charge is 2.16. The maximum absolute atomic E-state index is 12.6. The van der Waals surface area contributed by atoms with Crippen molar-refractivity contribution in [3.63, 3.8) is 0 Å². The summed E-state index contributed by atoms with van der Waals surface area (Å²) in [4.78, 5) is 12.7. The van der Waals surface area contributed by atoms with Crippen molar-refractivity contribution < 1.29 is 13.2 Å². The van der Waals surface area contributed by atoms with Crippen molar-refractivity contribution in [2.45, 2.75) is 44.3 Å². The molecule has 1 unspecified atom stereocenters. The fourth-order valence-electron chi connectivity index (χ4n) is 3.00. The number of carbonyl (C=O) groups excluding carboxylic acids is 1. The van der Waals surface area contributed by atoms with E-state index in [1.807, 2.05) is 41.2 Å². The summed E-state index contributed by atoms with van der Waals surface area (Å²) >= 11 is 0. The predicted molar refractivity (Wildman–Crippen MR) is 121 cm³/mol. The van der Waals surface area contributed by atoms with Gasteiger partial charge in [-0.25, -0.2) is 13.1 Å². The van der Waals surface area contributed by atoms with Crippen molar-refractivity contribution in [2.24, 2.45) is 0 Å². The number of amides is 1. The van der Waals surface area contributed by atoms with Crippen LogP contribution in [0.4, 0.5) is 11.4 Å². The molecule has 0 aliphatic carbocycles. The Labute approximate surface area is 182 Å². The zero-order valence-corrected chi connectivity index (χ0v) is 18.6. The molecule has 1 amide bonds. The summed E-state index contributed by atoms with van der Waals surface area (Å²) in [6.07, 6.45) is 3.63. The van der Waals surface area contributed by atoms with Gasteiger partial charge in [0.2, 0.25) is 15.9 Å². The summed E-state index contributed by atoms with van der Waals surface area (Å²) < 4.78 is 28.8. The van der Waals surface area contributed by atoms with E-state index in [0.717, 1.165) is 11.3 Å². The molecular weight excluding hydrogens is 414 g/mol. The number of rotatable bonds is 9. The van der Waals surface area contributed by atoms with E-state index < -0.39 is 16.1 Å². The number of benzene rings is 2. The summed E-state index contributed by atoms with van der Waals surface area (Å²) in [5, 5.41) is 10.2. The van der Waals surface area contributed by atoms with Crippen LogP contribution < -0.4 is 15.4 Å². The number of aromatic nitrogens is 2. The highest BCUT2D eigenvalue weighted by atomic mass is 32.2. The standard InChI is InChI=1S/C22H27N5O3S/c1-16(2)26-31(29,30)21-10-8-19(9-11-21)25-22(28)17(3)24-20-7-4-6-18(14-20)15-27-13-5-12-23-27/h4-14,16-17,24,26H,15H2,1-3H3,(H,25,28). The van der Waals surface area contributed by atoms with Gasteiger partial charge < -0.3 is 10.6 Å². The molecule has 0 bridgehead atoms. The van der Waals surface area contributed by atoms with Crippen LogP contribution in [-0.4, -0.2) is 36.2 Å². The van der Waals surface area contributed by atoms with Gasteiger partial charge in [0.05, 0.1) is 11.4 Å². The van der Waals surface area contributed by atoms with Crippen LogP contribution in [0.5, 0.6) is 0 Å². The third-order valence-electron chi connectivity index (χ3n) is 4.43. The van der Waals surface area contributed by atoms with Gasteiger partial charge in [-0.2, -0.15) is 5.10 Å². The molecule has 8 nitrogen and oxygen atoms in total. The lowest BCUT2D eigenvalue weighted by molar-refractivity contribution is -0.116. The third kappa shape index (κ3) is 6.40. The predicted octanol–water partition coefficient (Wildman–Crippen LogP) is 3.06. The van der Waals surface area contributed by atoms with Gasteiger partial charge in [-0.1, -0.05) is 12.1 Å². The van der Waals surface area contributed by atoms with Gasteiger partial charge in [-0.15, -0.1) is 0 Å². The molecule has 31 heavy (non-hydrogen) atoms. The zero-order chi connectivity index (χ0) is 22.4. The maximum atomic E-state index is 12.6. The lowest BCUT2D eigenvalue weighted by Crippen LogP contribution is -2.32. The van der Waals surface area contributed by atoms with Crippen LogP contribution in [0, 0.1) is 0 Å². The average Bonchev–Trinajstić information content (AvgIpc) is 3.20. The molecule has 1 atom stereocenters. The molecule has 0 aliphatic heterocycles. The molecular formula is C22H27N5O3S. The van der Waals surface area contributed by atoms with Gasteiger partial charge in [-0.3, -0.25) is 9.48 Å². The minimum Gasteiger partial charge on any atom is -0.374 e. The van der Waals surface area contributed by atoms with E-state index in [1.165, 1.54) is 12.1 Å². The molecule has 9 heteroatoms. The van der Waals surface area contributed by atoms with Gasteiger partial charge in [0, 0.05) is 29.8 Å². The lowest BCUT2D eigenvalue weighted by Gasteiger charge is -2.16.